The molecule has 0 aromatic carbocycles. The van der Waals surface area contributed by atoms with Crippen molar-refractivity contribution in [2.45, 2.75) is 32.7 Å². The van der Waals surface area contributed by atoms with Gasteiger partial charge in [-0.3, -0.25) is 0 Å². The van der Waals surface area contributed by atoms with E-state index >= 15 is 0 Å². The Bertz CT molecular complexity index is 33.5. The lowest BCUT2D eigenvalue weighted by atomic mass is 10.5. The first-order valence-electron chi connectivity index (χ1n) is 3.49. The van der Waals surface area contributed by atoms with E-state index in [0.717, 1.165) is 6.61 Å². The summed E-state index contributed by atoms with van der Waals surface area (Å²) in [6.07, 6.45) is 2.48. The predicted molar refractivity (Wildman–Crippen MR) is 39.9 cm³/mol. The lowest BCUT2D eigenvalue weighted by molar-refractivity contribution is 0.334. The van der Waals surface area contributed by atoms with Crippen LogP contribution in [0.3, 0.4) is 0 Å². The molecule has 8 heavy (non-hydrogen) atoms. The van der Waals surface area contributed by atoms with Gasteiger partial charge >= 0.3 is 0 Å². The Balaban J connectivity index is 2.53. The highest BCUT2D eigenvalue weighted by Gasteiger charge is 1.83. The van der Waals surface area contributed by atoms with Gasteiger partial charge in [0.1, 0.15) is 0 Å². The average molecular weight is 132 g/mol. The van der Waals surface area contributed by atoms with Crippen molar-refractivity contribution in [1.82, 2.24) is 0 Å². The second kappa shape index (κ2) is 7.18. The van der Waals surface area contributed by atoms with E-state index in [1.165, 1.54) is 18.9 Å². The average Bonchev–Trinajstić information content (AvgIpc) is 1.81. The Morgan fingerprint density at radius 2 is 2.00 bits per heavy atom. The molecule has 0 aromatic heterocycles. The lowest BCUT2D eigenvalue weighted by Crippen LogP contribution is -1.97. The molecule has 0 radical (unpaired) electrons. The van der Waals surface area contributed by atoms with E-state index < -0.39 is 0 Å². The monoisotopic (exact) mass is 132 g/mol. The van der Waals surface area contributed by atoms with E-state index in [0.29, 0.717) is 0 Å². The van der Waals surface area contributed by atoms with Gasteiger partial charge in [-0.15, -0.1) is 0 Å². The highest BCUT2D eigenvalue weighted by molar-refractivity contribution is 6.26. The van der Waals surface area contributed by atoms with Gasteiger partial charge in [-0.05, 0) is 12.5 Å². The summed E-state index contributed by atoms with van der Waals surface area (Å²) in [6, 6.07) is 1.35. The van der Waals surface area contributed by atoms with Crippen LogP contribution in [0.2, 0.25) is 6.04 Å². The molecule has 0 atom stereocenters. The summed E-state index contributed by atoms with van der Waals surface area (Å²) < 4.78 is 5.36. The molecule has 0 aliphatic heterocycles. The third-order valence-electron chi connectivity index (χ3n) is 0.991. The summed E-state index contributed by atoms with van der Waals surface area (Å²) in [5.74, 6) is 0. The summed E-state index contributed by atoms with van der Waals surface area (Å²) in [5, 5.41) is 0. The molecule has 50 valence electrons. The highest BCUT2D eigenvalue weighted by Crippen LogP contribution is 1.86. The van der Waals surface area contributed by atoms with E-state index in [1.807, 2.05) is 0 Å². The Hall–Kier alpha value is 0.177. The van der Waals surface area contributed by atoms with Crippen LogP contribution in [0, 0.1) is 0 Å². The van der Waals surface area contributed by atoms with Crippen molar-refractivity contribution in [1.29, 1.82) is 0 Å². The maximum atomic E-state index is 5.36. The molecule has 0 amide bonds. The Morgan fingerprint density at radius 3 is 2.50 bits per heavy atom. The zero-order valence-electron chi connectivity index (χ0n) is 5.94. The summed E-state index contributed by atoms with van der Waals surface area (Å²) in [7, 11) is -0.0997. The first-order chi connectivity index (χ1) is 3.91. The quantitative estimate of drug-likeness (QED) is 0.405. The van der Waals surface area contributed by atoms with Gasteiger partial charge in [0.25, 0.3) is 0 Å². The van der Waals surface area contributed by atoms with Crippen LogP contribution in [0.15, 0.2) is 0 Å². The second-order valence-corrected chi connectivity index (χ2v) is 3.49. The van der Waals surface area contributed by atoms with Crippen molar-refractivity contribution in [2.75, 3.05) is 6.61 Å². The minimum absolute atomic E-state index is 0.0997. The van der Waals surface area contributed by atoms with E-state index in [4.69, 9.17) is 4.43 Å². The molecule has 0 aromatic rings. The second-order valence-electron chi connectivity index (χ2n) is 1.97. The van der Waals surface area contributed by atoms with Crippen LogP contribution in [0.4, 0.5) is 0 Å². The molecule has 0 unspecified atom stereocenters. The number of rotatable bonds is 5. The molecule has 0 aliphatic rings. The molecular formula is C6H16OSi. The standard InChI is InChI=1S/C6H16OSi/c1-3-5-7-8-6-4-2/h3-6,8H2,1-2H3. The van der Waals surface area contributed by atoms with Crippen molar-refractivity contribution in [3.05, 3.63) is 0 Å². The van der Waals surface area contributed by atoms with E-state index in [-0.39, 0.29) is 9.76 Å². The Morgan fingerprint density at radius 1 is 1.25 bits per heavy atom. The Kier molecular flexibility index (Phi) is 7.34. The van der Waals surface area contributed by atoms with Crippen LogP contribution in [0.1, 0.15) is 26.7 Å². The summed E-state index contributed by atoms with van der Waals surface area (Å²) in [4.78, 5) is 0. The zero-order valence-corrected chi connectivity index (χ0v) is 7.36. The molecule has 0 N–H and O–H groups in total. The van der Waals surface area contributed by atoms with Crippen molar-refractivity contribution >= 4 is 9.76 Å². The fourth-order valence-corrected chi connectivity index (χ4v) is 1.48. The maximum Gasteiger partial charge on any atom is 0.161 e. The third kappa shape index (κ3) is 6.18. The molecule has 0 bridgehead atoms. The molecule has 0 aliphatic carbocycles. The molecular weight excluding hydrogens is 116 g/mol. The van der Waals surface area contributed by atoms with Crippen molar-refractivity contribution in [3.8, 4) is 0 Å². The van der Waals surface area contributed by atoms with Gasteiger partial charge < -0.3 is 4.43 Å². The summed E-state index contributed by atoms with van der Waals surface area (Å²) in [6.45, 7) is 5.36. The van der Waals surface area contributed by atoms with E-state index in [1.54, 1.807) is 0 Å². The smallest absolute Gasteiger partial charge is 0.161 e. The molecule has 0 rings (SSSR count). The minimum Gasteiger partial charge on any atom is -0.424 e. The number of hydrogen-bond acceptors (Lipinski definition) is 1. The molecule has 2 heteroatoms. The molecule has 0 saturated heterocycles. The summed E-state index contributed by atoms with van der Waals surface area (Å²) >= 11 is 0. The van der Waals surface area contributed by atoms with Crippen LogP contribution in [-0.2, 0) is 4.43 Å². The molecule has 0 heterocycles. The van der Waals surface area contributed by atoms with Crippen LogP contribution in [-0.4, -0.2) is 16.4 Å². The van der Waals surface area contributed by atoms with Crippen LogP contribution < -0.4 is 0 Å². The van der Waals surface area contributed by atoms with Crippen LogP contribution >= 0.6 is 0 Å². The maximum absolute atomic E-state index is 5.36. The molecule has 0 spiro atoms. The van der Waals surface area contributed by atoms with Gasteiger partial charge in [-0.25, -0.2) is 0 Å². The predicted octanol–water partition coefficient (Wildman–Crippen LogP) is 1.33. The van der Waals surface area contributed by atoms with E-state index in [9.17, 15) is 0 Å². The third-order valence-corrected chi connectivity index (χ3v) is 2.56. The first-order valence-corrected chi connectivity index (χ1v) is 5.07. The van der Waals surface area contributed by atoms with Crippen LogP contribution in [0.5, 0.6) is 0 Å². The van der Waals surface area contributed by atoms with Gasteiger partial charge in [0.2, 0.25) is 0 Å². The largest absolute Gasteiger partial charge is 0.424 e. The SMILES string of the molecule is CCCO[SiH2]CCC. The van der Waals surface area contributed by atoms with Crippen molar-refractivity contribution in [3.63, 3.8) is 0 Å². The molecule has 0 fully saturated rings. The molecule has 1 nitrogen and oxygen atoms in total. The van der Waals surface area contributed by atoms with Crippen molar-refractivity contribution < 1.29 is 4.43 Å². The van der Waals surface area contributed by atoms with Crippen molar-refractivity contribution in [2.24, 2.45) is 0 Å². The van der Waals surface area contributed by atoms with E-state index in [2.05, 4.69) is 13.8 Å². The highest BCUT2D eigenvalue weighted by atomic mass is 28.2. The normalized spacial score (nSPS) is 11.2. The number of hydrogen-bond donors (Lipinski definition) is 0. The topological polar surface area (TPSA) is 9.23 Å². The Labute approximate surface area is 54.4 Å². The minimum atomic E-state index is -0.0997. The zero-order chi connectivity index (χ0) is 6.24. The van der Waals surface area contributed by atoms with Gasteiger partial charge in [0.05, 0.1) is 0 Å². The van der Waals surface area contributed by atoms with Gasteiger partial charge in [0, 0.05) is 6.61 Å². The first kappa shape index (κ1) is 8.18. The fraction of sp³-hybridized carbons (Fsp3) is 1.00. The summed E-state index contributed by atoms with van der Waals surface area (Å²) in [5.41, 5.74) is 0. The van der Waals surface area contributed by atoms with Gasteiger partial charge in [-0.1, -0.05) is 20.3 Å². The lowest BCUT2D eigenvalue weighted by Gasteiger charge is -1.97. The van der Waals surface area contributed by atoms with Gasteiger partial charge in [0.15, 0.2) is 9.76 Å². The van der Waals surface area contributed by atoms with Gasteiger partial charge in [-0.2, -0.15) is 0 Å². The molecule has 0 saturated carbocycles. The van der Waals surface area contributed by atoms with Crippen LogP contribution in [0.25, 0.3) is 0 Å². The fourth-order valence-electron chi connectivity index (χ4n) is 0.493.